The number of ketones is 1. The number of unbranched alkanes of at least 4 members (excludes halogenated alkanes) is 9. The van der Waals surface area contributed by atoms with Gasteiger partial charge in [-0.3, -0.25) is 0 Å². The normalized spacial score (nSPS) is 12.9. The first-order valence-electron chi connectivity index (χ1n) is 16.1. The zero-order chi connectivity index (χ0) is 27.3. The Bertz CT molecular complexity index is 457. The van der Waals surface area contributed by atoms with E-state index in [-0.39, 0.29) is 0 Å². The summed E-state index contributed by atoms with van der Waals surface area (Å²) in [6.45, 7) is 21.6. The van der Waals surface area contributed by atoms with E-state index in [1.54, 1.807) is 6.92 Å². The first-order valence-corrected chi connectivity index (χ1v) is 16.1. The Hall–Kier alpha value is -0.830. The molecule has 0 heterocycles. The third-order valence-electron chi connectivity index (χ3n) is 7.07. The van der Waals surface area contributed by atoms with E-state index in [0.29, 0.717) is 5.78 Å². The number of nitrogens with one attached hydrogen (secondary N) is 1. The quantitative estimate of drug-likeness (QED) is 0.148. The summed E-state index contributed by atoms with van der Waals surface area (Å²) < 4.78 is 0. The lowest BCUT2D eigenvalue weighted by atomic mass is 10.1. The second kappa shape index (κ2) is 30.4. The molecule has 0 bridgehead atoms. The Morgan fingerprint density at radius 2 is 1.25 bits per heavy atom. The Morgan fingerprint density at radius 3 is 1.69 bits per heavy atom. The van der Waals surface area contributed by atoms with Crippen LogP contribution in [0.4, 0.5) is 0 Å². The SMILES string of the molecule is C=C(CCCCCCCNCCCCCCCC(C)=O)N(CCC)CCCC.CC.CC1CCCC1. The number of carbonyl (C=O) groups is 1. The van der Waals surface area contributed by atoms with E-state index in [1.807, 2.05) is 13.8 Å². The van der Waals surface area contributed by atoms with Crippen LogP contribution in [-0.2, 0) is 4.79 Å². The predicted molar refractivity (Wildman–Crippen MR) is 164 cm³/mol. The van der Waals surface area contributed by atoms with Gasteiger partial charge in [0, 0.05) is 25.2 Å². The summed E-state index contributed by atoms with van der Waals surface area (Å²) in [6.07, 6.45) is 24.4. The molecule has 0 aromatic heterocycles. The van der Waals surface area contributed by atoms with Crippen LogP contribution in [0.3, 0.4) is 0 Å². The van der Waals surface area contributed by atoms with E-state index in [4.69, 9.17) is 0 Å². The summed E-state index contributed by atoms with van der Waals surface area (Å²) >= 11 is 0. The highest BCUT2D eigenvalue weighted by Crippen LogP contribution is 2.23. The highest BCUT2D eigenvalue weighted by atomic mass is 16.1. The fraction of sp³-hybridized carbons (Fsp3) is 0.909. The summed E-state index contributed by atoms with van der Waals surface area (Å²) in [6, 6.07) is 0. The molecule has 0 aliphatic heterocycles. The Morgan fingerprint density at radius 1 is 0.750 bits per heavy atom. The van der Waals surface area contributed by atoms with Crippen LogP contribution in [0.1, 0.15) is 164 Å². The van der Waals surface area contributed by atoms with Crippen LogP contribution in [0.5, 0.6) is 0 Å². The van der Waals surface area contributed by atoms with Gasteiger partial charge in [0.05, 0.1) is 0 Å². The van der Waals surface area contributed by atoms with Crippen LogP contribution in [0.15, 0.2) is 12.3 Å². The Labute approximate surface area is 228 Å². The van der Waals surface area contributed by atoms with Crippen molar-refractivity contribution < 1.29 is 4.79 Å². The second-order valence-electron chi connectivity index (χ2n) is 10.8. The third kappa shape index (κ3) is 27.8. The minimum absolute atomic E-state index is 0.331. The maximum Gasteiger partial charge on any atom is 0.129 e. The van der Waals surface area contributed by atoms with Crippen molar-refractivity contribution in [3.8, 4) is 0 Å². The first kappa shape index (κ1) is 37.3. The minimum atomic E-state index is 0.331. The number of Topliss-reactive ketones (excluding diaryl/α,β-unsaturated/α-hetero) is 1. The van der Waals surface area contributed by atoms with Crippen molar-refractivity contribution in [1.29, 1.82) is 0 Å². The summed E-state index contributed by atoms with van der Waals surface area (Å²) in [7, 11) is 0. The van der Waals surface area contributed by atoms with Gasteiger partial charge in [0.15, 0.2) is 0 Å². The standard InChI is InChI=1S/C25H50N2O.C6H12.C2H6/c1-5-7-23-27(22-6-2)24(3)18-14-10-8-12-16-20-26-21-17-13-9-11-15-19-25(4)28;1-6-4-2-3-5-6;1-2/h26H,3,5-23H2,1-2,4H3;6H,2-5H2,1H3;1-2H3. The lowest BCUT2D eigenvalue weighted by Crippen LogP contribution is -2.24. The molecule has 0 radical (unpaired) electrons. The number of hydrogen-bond acceptors (Lipinski definition) is 3. The summed E-state index contributed by atoms with van der Waals surface area (Å²) in [5.74, 6) is 1.38. The van der Waals surface area contributed by atoms with Gasteiger partial charge in [-0.15, -0.1) is 0 Å². The maximum atomic E-state index is 10.9. The molecule has 0 saturated heterocycles. The van der Waals surface area contributed by atoms with Gasteiger partial charge in [0.25, 0.3) is 0 Å². The molecule has 0 spiro atoms. The van der Waals surface area contributed by atoms with Crippen LogP contribution < -0.4 is 5.32 Å². The monoisotopic (exact) mass is 509 g/mol. The van der Waals surface area contributed by atoms with Crippen molar-refractivity contribution in [1.82, 2.24) is 10.2 Å². The van der Waals surface area contributed by atoms with E-state index in [0.717, 1.165) is 25.3 Å². The smallest absolute Gasteiger partial charge is 0.129 e. The molecule has 1 N–H and O–H groups in total. The van der Waals surface area contributed by atoms with Gasteiger partial charge >= 0.3 is 0 Å². The van der Waals surface area contributed by atoms with Crippen LogP contribution in [-0.4, -0.2) is 36.9 Å². The van der Waals surface area contributed by atoms with E-state index in [9.17, 15) is 4.79 Å². The highest BCUT2D eigenvalue weighted by molar-refractivity contribution is 5.75. The molecule has 36 heavy (non-hydrogen) atoms. The zero-order valence-electron chi connectivity index (χ0n) is 25.9. The van der Waals surface area contributed by atoms with Crippen molar-refractivity contribution in [2.75, 3.05) is 26.2 Å². The van der Waals surface area contributed by atoms with Crippen molar-refractivity contribution in [2.24, 2.45) is 5.92 Å². The van der Waals surface area contributed by atoms with Gasteiger partial charge in [0.1, 0.15) is 5.78 Å². The van der Waals surface area contributed by atoms with Crippen molar-refractivity contribution in [3.63, 3.8) is 0 Å². The Kier molecular flexibility index (Phi) is 31.5. The van der Waals surface area contributed by atoms with E-state index in [2.05, 4.69) is 37.6 Å². The summed E-state index contributed by atoms with van der Waals surface area (Å²) in [5, 5.41) is 3.58. The highest BCUT2D eigenvalue weighted by Gasteiger charge is 2.07. The van der Waals surface area contributed by atoms with Gasteiger partial charge in [-0.05, 0) is 70.9 Å². The molecular weight excluding hydrogens is 440 g/mol. The fourth-order valence-electron chi connectivity index (χ4n) is 4.72. The molecule has 0 amide bonds. The largest absolute Gasteiger partial charge is 0.375 e. The number of nitrogens with zero attached hydrogens (tertiary/aromatic N) is 1. The van der Waals surface area contributed by atoms with Gasteiger partial charge in [-0.1, -0.05) is 112 Å². The summed E-state index contributed by atoms with van der Waals surface area (Å²) in [5.41, 5.74) is 1.36. The van der Waals surface area contributed by atoms with E-state index < -0.39 is 0 Å². The minimum Gasteiger partial charge on any atom is -0.375 e. The molecule has 0 atom stereocenters. The van der Waals surface area contributed by atoms with E-state index in [1.165, 1.54) is 134 Å². The molecule has 1 rings (SSSR count). The zero-order valence-corrected chi connectivity index (χ0v) is 25.9. The van der Waals surface area contributed by atoms with Gasteiger partial charge in [-0.2, -0.15) is 0 Å². The molecule has 0 unspecified atom stereocenters. The fourth-order valence-corrected chi connectivity index (χ4v) is 4.72. The lowest BCUT2D eigenvalue weighted by Gasteiger charge is -2.26. The van der Waals surface area contributed by atoms with Crippen molar-refractivity contribution in [3.05, 3.63) is 12.3 Å². The maximum absolute atomic E-state index is 10.9. The van der Waals surface area contributed by atoms with Crippen LogP contribution >= 0.6 is 0 Å². The van der Waals surface area contributed by atoms with Crippen LogP contribution in [0.2, 0.25) is 0 Å². The molecule has 3 heteroatoms. The Balaban J connectivity index is 0. The summed E-state index contributed by atoms with van der Waals surface area (Å²) in [4.78, 5) is 13.4. The van der Waals surface area contributed by atoms with Gasteiger partial charge in [0.2, 0.25) is 0 Å². The molecule has 1 fully saturated rings. The molecule has 1 saturated carbocycles. The van der Waals surface area contributed by atoms with Crippen LogP contribution in [0.25, 0.3) is 0 Å². The molecule has 1 aliphatic carbocycles. The molecule has 216 valence electrons. The second-order valence-corrected chi connectivity index (χ2v) is 10.8. The number of rotatable bonds is 22. The van der Waals surface area contributed by atoms with Crippen LogP contribution in [0, 0.1) is 5.92 Å². The average Bonchev–Trinajstić information content (AvgIpc) is 3.36. The third-order valence-corrected chi connectivity index (χ3v) is 7.07. The molecular formula is C33H68N2O. The molecule has 0 aromatic carbocycles. The molecule has 0 aromatic rings. The molecule has 3 nitrogen and oxygen atoms in total. The lowest BCUT2D eigenvalue weighted by molar-refractivity contribution is -0.117. The number of carbonyl (C=O) groups excluding carboxylic acids is 1. The number of hydrogen-bond donors (Lipinski definition) is 1. The van der Waals surface area contributed by atoms with Gasteiger partial charge < -0.3 is 15.0 Å². The average molecular weight is 509 g/mol. The number of allylic oxidation sites excluding steroid dienone is 1. The topological polar surface area (TPSA) is 32.3 Å². The van der Waals surface area contributed by atoms with Gasteiger partial charge in [-0.25, -0.2) is 0 Å². The first-order chi connectivity index (χ1) is 17.5. The molecule has 1 aliphatic rings. The predicted octanol–water partition coefficient (Wildman–Crippen LogP) is 10.1. The van der Waals surface area contributed by atoms with Crippen molar-refractivity contribution in [2.45, 2.75) is 164 Å². The van der Waals surface area contributed by atoms with Crippen molar-refractivity contribution >= 4 is 5.78 Å². The van der Waals surface area contributed by atoms with E-state index >= 15 is 0 Å².